The lowest BCUT2D eigenvalue weighted by molar-refractivity contribution is -0.121. The summed E-state index contributed by atoms with van der Waals surface area (Å²) in [6.45, 7) is 2.44. The molecule has 0 bridgehead atoms. The smallest absolute Gasteiger partial charge is 0.220 e. The molecule has 0 aliphatic carbocycles. The maximum atomic E-state index is 12.1. The second-order valence-corrected chi connectivity index (χ2v) is 5.66. The quantitative estimate of drug-likeness (QED) is 0.705. The number of carbonyl (C=O) groups excluding carboxylic acids is 1. The molecule has 0 aromatic heterocycles. The van der Waals surface area contributed by atoms with E-state index in [0.717, 1.165) is 22.8 Å². The fourth-order valence-electron chi connectivity index (χ4n) is 2.51. The standard InChI is InChI=1S/C20H25NO4/c1-15(18-7-4-5-8-19(18)24-3)21-20(22)9-6-14-25-17-12-10-16(23-2)11-13-17/h4-5,7-8,10-13,15H,6,9,14H2,1-3H3,(H,21,22). The summed E-state index contributed by atoms with van der Waals surface area (Å²) in [6, 6.07) is 15.0. The molecule has 0 heterocycles. The number of ether oxygens (including phenoxy) is 3. The Labute approximate surface area is 148 Å². The predicted octanol–water partition coefficient (Wildman–Crippen LogP) is 3.74. The van der Waals surface area contributed by atoms with Gasteiger partial charge >= 0.3 is 0 Å². The highest BCUT2D eigenvalue weighted by atomic mass is 16.5. The van der Waals surface area contributed by atoms with Crippen molar-refractivity contribution in [1.29, 1.82) is 0 Å². The van der Waals surface area contributed by atoms with Crippen LogP contribution in [-0.4, -0.2) is 26.7 Å². The molecule has 0 aliphatic heterocycles. The Hall–Kier alpha value is -2.69. The lowest BCUT2D eigenvalue weighted by atomic mass is 10.1. The molecule has 5 heteroatoms. The first kappa shape index (κ1) is 18.6. The molecular weight excluding hydrogens is 318 g/mol. The predicted molar refractivity (Wildman–Crippen MR) is 97.3 cm³/mol. The van der Waals surface area contributed by atoms with Crippen LogP contribution in [0.4, 0.5) is 0 Å². The summed E-state index contributed by atoms with van der Waals surface area (Å²) in [7, 11) is 3.25. The van der Waals surface area contributed by atoms with Crippen molar-refractivity contribution in [3.05, 3.63) is 54.1 Å². The molecular formula is C20H25NO4. The number of carbonyl (C=O) groups is 1. The van der Waals surface area contributed by atoms with E-state index in [1.54, 1.807) is 14.2 Å². The van der Waals surface area contributed by atoms with E-state index in [9.17, 15) is 4.79 Å². The molecule has 0 aliphatic rings. The minimum absolute atomic E-state index is 0.00302. The normalized spacial score (nSPS) is 11.5. The molecule has 2 rings (SSSR count). The zero-order valence-corrected chi connectivity index (χ0v) is 15.0. The van der Waals surface area contributed by atoms with Gasteiger partial charge in [-0.1, -0.05) is 18.2 Å². The van der Waals surface area contributed by atoms with Crippen molar-refractivity contribution in [1.82, 2.24) is 5.32 Å². The number of hydrogen-bond acceptors (Lipinski definition) is 4. The number of para-hydroxylation sites is 1. The van der Waals surface area contributed by atoms with Crippen LogP contribution in [0.3, 0.4) is 0 Å². The van der Waals surface area contributed by atoms with E-state index in [-0.39, 0.29) is 11.9 Å². The zero-order valence-electron chi connectivity index (χ0n) is 15.0. The molecule has 1 unspecified atom stereocenters. The topological polar surface area (TPSA) is 56.8 Å². The minimum Gasteiger partial charge on any atom is -0.497 e. The second-order valence-electron chi connectivity index (χ2n) is 5.66. The van der Waals surface area contributed by atoms with Crippen molar-refractivity contribution >= 4 is 5.91 Å². The molecule has 0 spiro atoms. The van der Waals surface area contributed by atoms with Crippen LogP contribution in [-0.2, 0) is 4.79 Å². The van der Waals surface area contributed by atoms with Crippen molar-refractivity contribution in [3.63, 3.8) is 0 Å². The van der Waals surface area contributed by atoms with Gasteiger partial charge in [0.05, 0.1) is 26.9 Å². The average Bonchev–Trinajstić information content (AvgIpc) is 2.65. The van der Waals surface area contributed by atoms with Gasteiger partial charge in [-0.25, -0.2) is 0 Å². The number of rotatable bonds is 9. The Morgan fingerprint density at radius 2 is 1.68 bits per heavy atom. The fraction of sp³-hybridized carbons (Fsp3) is 0.350. The van der Waals surface area contributed by atoms with Crippen molar-refractivity contribution in [2.24, 2.45) is 0 Å². The highest BCUT2D eigenvalue weighted by Crippen LogP contribution is 2.24. The van der Waals surface area contributed by atoms with E-state index in [4.69, 9.17) is 14.2 Å². The van der Waals surface area contributed by atoms with Gasteiger partial charge in [0.25, 0.3) is 0 Å². The van der Waals surface area contributed by atoms with E-state index in [2.05, 4.69) is 5.32 Å². The van der Waals surface area contributed by atoms with Crippen LogP contribution in [0.25, 0.3) is 0 Å². The highest BCUT2D eigenvalue weighted by Gasteiger charge is 2.13. The minimum atomic E-state index is -0.105. The van der Waals surface area contributed by atoms with E-state index in [1.165, 1.54) is 0 Å². The van der Waals surface area contributed by atoms with Crippen LogP contribution in [0.15, 0.2) is 48.5 Å². The Morgan fingerprint density at radius 3 is 2.36 bits per heavy atom. The molecule has 134 valence electrons. The first-order valence-electron chi connectivity index (χ1n) is 8.33. The second kappa shape index (κ2) is 9.57. The highest BCUT2D eigenvalue weighted by molar-refractivity contribution is 5.76. The summed E-state index contributed by atoms with van der Waals surface area (Å²) >= 11 is 0. The van der Waals surface area contributed by atoms with E-state index in [0.29, 0.717) is 19.4 Å². The monoisotopic (exact) mass is 343 g/mol. The molecule has 0 saturated carbocycles. The summed E-state index contributed by atoms with van der Waals surface area (Å²) in [6.07, 6.45) is 1.06. The Morgan fingerprint density at radius 1 is 1.00 bits per heavy atom. The van der Waals surface area contributed by atoms with Gasteiger partial charge in [0.1, 0.15) is 17.2 Å². The molecule has 1 amide bonds. The van der Waals surface area contributed by atoms with Gasteiger partial charge in [-0.2, -0.15) is 0 Å². The van der Waals surface area contributed by atoms with Crippen LogP contribution in [0.1, 0.15) is 31.4 Å². The number of nitrogens with one attached hydrogen (secondary N) is 1. The third-order valence-corrected chi connectivity index (χ3v) is 3.86. The van der Waals surface area contributed by atoms with Crippen LogP contribution >= 0.6 is 0 Å². The van der Waals surface area contributed by atoms with Gasteiger partial charge in [0.15, 0.2) is 0 Å². The lowest BCUT2D eigenvalue weighted by Gasteiger charge is -2.17. The van der Waals surface area contributed by atoms with Gasteiger partial charge in [-0.3, -0.25) is 4.79 Å². The Kier molecular flexibility index (Phi) is 7.14. The third kappa shape index (κ3) is 5.71. The average molecular weight is 343 g/mol. The molecule has 1 N–H and O–H groups in total. The molecule has 5 nitrogen and oxygen atoms in total. The van der Waals surface area contributed by atoms with Crippen LogP contribution in [0.5, 0.6) is 17.2 Å². The molecule has 0 saturated heterocycles. The van der Waals surface area contributed by atoms with E-state index in [1.807, 2.05) is 55.5 Å². The molecule has 0 fully saturated rings. The van der Waals surface area contributed by atoms with Gasteiger partial charge in [0.2, 0.25) is 5.91 Å². The number of benzene rings is 2. The van der Waals surface area contributed by atoms with Crippen molar-refractivity contribution in [2.45, 2.75) is 25.8 Å². The van der Waals surface area contributed by atoms with Gasteiger partial charge in [-0.15, -0.1) is 0 Å². The van der Waals surface area contributed by atoms with Crippen molar-refractivity contribution in [3.8, 4) is 17.2 Å². The van der Waals surface area contributed by atoms with Crippen LogP contribution < -0.4 is 19.5 Å². The number of amides is 1. The number of methoxy groups -OCH3 is 2. The van der Waals surface area contributed by atoms with Crippen molar-refractivity contribution < 1.29 is 19.0 Å². The first-order chi connectivity index (χ1) is 12.1. The maximum absolute atomic E-state index is 12.1. The summed E-state index contributed by atoms with van der Waals surface area (Å²) in [5.74, 6) is 2.33. The summed E-state index contributed by atoms with van der Waals surface area (Å²) in [5.41, 5.74) is 0.966. The van der Waals surface area contributed by atoms with Gasteiger partial charge in [-0.05, 0) is 43.7 Å². The first-order valence-corrected chi connectivity index (χ1v) is 8.33. The summed E-state index contributed by atoms with van der Waals surface area (Å²) in [5, 5.41) is 2.99. The van der Waals surface area contributed by atoms with Crippen molar-refractivity contribution in [2.75, 3.05) is 20.8 Å². The largest absolute Gasteiger partial charge is 0.497 e. The molecule has 2 aromatic rings. The SMILES string of the molecule is COc1ccc(OCCCC(=O)NC(C)c2ccccc2OC)cc1. The summed E-state index contributed by atoms with van der Waals surface area (Å²) < 4.78 is 16.1. The summed E-state index contributed by atoms with van der Waals surface area (Å²) in [4.78, 5) is 12.1. The third-order valence-electron chi connectivity index (χ3n) is 3.86. The van der Waals surface area contributed by atoms with Gasteiger partial charge < -0.3 is 19.5 Å². The zero-order chi connectivity index (χ0) is 18.1. The fourth-order valence-corrected chi connectivity index (χ4v) is 2.51. The number of hydrogen-bond donors (Lipinski definition) is 1. The van der Waals surface area contributed by atoms with E-state index >= 15 is 0 Å². The maximum Gasteiger partial charge on any atom is 0.220 e. The molecule has 25 heavy (non-hydrogen) atoms. The van der Waals surface area contributed by atoms with Crippen LogP contribution in [0.2, 0.25) is 0 Å². The molecule has 2 aromatic carbocycles. The molecule has 0 radical (unpaired) electrons. The Balaban J connectivity index is 1.73. The molecule has 1 atom stereocenters. The van der Waals surface area contributed by atoms with E-state index < -0.39 is 0 Å². The van der Waals surface area contributed by atoms with Crippen LogP contribution in [0, 0.1) is 0 Å². The van der Waals surface area contributed by atoms with Gasteiger partial charge in [0, 0.05) is 12.0 Å². The Bertz CT molecular complexity index is 670. The lowest BCUT2D eigenvalue weighted by Crippen LogP contribution is -2.27.